The number of carbonyl (C=O) groups is 2. The Morgan fingerprint density at radius 1 is 1.00 bits per heavy atom. The molecular formula is C29H35N5O5S. The summed E-state index contributed by atoms with van der Waals surface area (Å²) in [4.78, 5) is 34.4. The molecule has 2 amide bonds. The molecule has 2 aliphatic rings. The fraction of sp³-hybridized carbons (Fsp3) is 0.414. The standard InChI is InChI=1S/C29H35N5O5S/c1-20-8-11-24(12-9-20)40(37,38)32-29(30-23-10-13-26-22(18-23)17-21(2)39-26)31-25-7-3-4-16-34(28(25)36)19-27(35)33-14-5-6-15-33/h8-13,17-18,25H,3-7,14-16,19H2,1-2H3,(H2,30,31,32)/t25-/m0/s1. The van der Waals surface area contributed by atoms with Gasteiger partial charge >= 0.3 is 0 Å². The molecule has 0 saturated carbocycles. The largest absolute Gasteiger partial charge is 0.461 e. The molecule has 0 aliphatic carbocycles. The van der Waals surface area contributed by atoms with E-state index in [1.54, 1.807) is 34.1 Å². The summed E-state index contributed by atoms with van der Waals surface area (Å²) in [6, 6.07) is 12.9. The number of fused-ring (bicyclic) bond motifs is 1. The number of aliphatic imine (C=N–C) groups is 1. The van der Waals surface area contributed by atoms with Crippen LogP contribution in [0.2, 0.25) is 0 Å². The average Bonchev–Trinajstić information content (AvgIpc) is 3.55. The molecule has 3 aromatic rings. The summed E-state index contributed by atoms with van der Waals surface area (Å²) in [6.45, 7) is 5.66. The van der Waals surface area contributed by atoms with Crippen LogP contribution in [0.4, 0.5) is 5.69 Å². The van der Waals surface area contributed by atoms with E-state index < -0.39 is 16.1 Å². The van der Waals surface area contributed by atoms with Crippen molar-refractivity contribution in [2.24, 2.45) is 4.99 Å². The van der Waals surface area contributed by atoms with E-state index in [0.29, 0.717) is 24.2 Å². The zero-order valence-electron chi connectivity index (χ0n) is 22.9. The van der Waals surface area contributed by atoms with Crippen LogP contribution in [-0.2, 0) is 19.6 Å². The Morgan fingerprint density at radius 2 is 1.73 bits per heavy atom. The fourth-order valence-electron chi connectivity index (χ4n) is 5.13. The SMILES string of the molecule is Cc1ccc(S(=O)(=O)NC(=N[C@H]2CCCCN(CC(=O)N3CCCC3)C2=O)Nc2ccc3oc(C)cc3c2)cc1. The maximum absolute atomic E-state index is 13.6. The van der Waals surface area contributed by atoms with E-state index in [4.69, 9.17) is 4.42 Å². The molecule has 212 valence electrons. The lowest BCUT2D eigenvalue weighted by Gasteiger charge is -2.25. The highest BCUT2D eigenvalue weighted by Crippen LogP contribution is 2.23. The Balaban J connectivity index is 1.43. The molecule has 5 rings (SSSR count). The third kappa shape index (κ3) is 6.47. The third-order valence-corrected chi connectivity index (χ3v) is 8.64. The first-order chi connectivity index (χ1) is 19.2. The Kier molecular flexibility index (Phi) is 8.11. The molecule has 2 aliphatic heterocycles. The number of nitrogens with one attached hydrogen (secondary N) is 2. The van der Waals surface area contributed by atoms with Crippen molar-refractivity contribution >= 4 is 44.5 Å². The van der Waals surface area contributed by atoms with E-state index in [9.17, 15) is 18.0 Å². The normalized spacial score (nSPS) is 18.7. The number of sulfonamides is 1. The van der Waals surface area contributed by atoms with Gasteiger partial charge in [0.15, 0.2) is 0 Å². The number of furan rings is 1. The second-order valence-electron chi connectivity index (χ2n) is 10.5. The van der Waals surface area contributed by atoms with Gasteiger partial charge < -0.3 is 19.5 Å². The first-order valence-corrected chi connectivity index (χ1v) is 15.2. The van der Waals surface area contributed by atoms with E-state index in [1.165, 1.54) is 12.1 Å². The molecule has 0 unspecified atom stereocenters. The average molecular weight is 566 g/mol. The molecular weight excluding hydrogens is 530 g/mol. The van der Waals surface area contributed by atoms with E-state index in [2.05, 4.69) is 15.0 Å². The Labute approximate surface area is 234 Å². The lowest BCUT2D eigenvalue weighted by atomic mass is 10.1. The van der Waals surface area contributed by atoms with Crippen molar-refractivity contribution in [1.82, 2.24) is 14.5 Å². The van der Waals surface area contributed by atoms with Gasteiger partial charge in [-0.05, 0) is 82.3 Å². The molecule has 0 radical (unpaired) electrons. The van der Waals surface area contributed by atoms with E-state index in [0.717, 1.165) is 55.5 Å². The minimum absolute atomic E-state index is 0.0131. The summed E-state index contributed by atoms with van der Waals surface area (Å²) in [7, 11) is -4.00. The number of aryl methyl sites for hydroxylation is 2. The van der Waals surface area contributed by atoms with Gasteiger partial charge in [-0.1, -0.05) is 17.7 Å². The monoisotopic (exact) mass is 565 g/mol. The Hall–Kier alpha value is -3.86. The van der Waals surface area contributed by atoms with Crippen LogP contribution in [-0.4, -0.2) is 68.2 Å². The van der Waals surface area contributed by atoms with Gasteiger partial charge in [-0.25, -0.2) is 18.1 Å². The van der Waals surface area contributed by atoms with Crippen molar-refractivity contribution in [3.05, 3.63) is 59.9 Å². The highest BCUT2D eigenvalue weighted by atomic mass is 32.2. The zero-order valence-corrected chi connectivity index (χ0v) is 23.7. The lowest BCUT2D eigenvalue weighted by molar-refractivity contribution is -0.140. The Bertz CT molecular complexity index is 1520. The molecule has 2 saturated heterocycles. The number of hydrogen-bond acceptors (Lipinski definition) is 6. The molecule has 40 heavy (non-hydrogen) atoms. The number of hydrogen-bond donors (Lipinski definition) is 2. The number of anilines is 1. The van der Waals surface area contributed by atoms with Crippen molar-refractivity contribution < 1.29 is 22.4 Å². The summed E-state index contributed by atoms with van der Waals surface area (Å²) in [6.07, 6.45) is 3.89. The number of nitrogens with zero attached hydrogens (tertiary/aromatic N) is 3. The fourth-order valence-corrected chi connectivity index (χ4v) is 6.10. The predicted octanol–water partition coefficient (Wildman–Crippen LogP) is 3.80. The minimum Gasteiger partial charge on any atom is -0.461 e. The van der Waals surface area contributed by atoms with Gasteiger partial charge in [0.25, 0.3) is 10.0 Å². The van der Waals surface area contributed by atoms with Gasteiger partial charge in [0, 0.05) is 30.7 Å². The van der Waals surface area contributed by atoms with E-state index in [-0.39, 0.29) is 29.2 Å². The molecule has 2 aromatic carbocycles. The smallest absolute Gasteiger partial charge is 0.264 e. The van der Waals surface area contributed by atoms with Gasteiger partial charge in [0.2, 0.25) is 17.8 Å². The van der Waals surface area contributed by atoms with Gasteiger partial charge in [0.05, 0.1) is 11.4 Å². The highest BCUT2D eigenvalue weighted by Gasteiger charge is 2.31. The summed E-state index contributed by atoms with van der Waals surface area (Å²) < 4.78 is 34.8. The Morgan fingerprint density at radius 3 is 2.48 bits per heavy atom. The lowest BCUT2D eigenvalue weighted by Crippen LogP contribution is -2.45. The predicted molar refractivity (Wildman–Crippen MR) is 154 cm³/mol. The number of benzene rings is 2. The van der Waals surface area contributed by atoms with Crippen LogP contribution >= 0.6 is 0 Å². The van der Waals surface area contributed by atoms with Crippen LogP contribution < -0.4 is 10.0 Å². The second kappa shape index (κ2) is 11.7. The number of likely N-dealkylation sites (tertiary alicyclic amines) is 2. The van der Waals surface area contributed by atoms with Crippen molar-refractivity contribution in [3.8, 4) is 0 Å². The highest BCUT2D eigenvalue weighted by molar-refractivity contribution is 7.90. The van der Waals surface area contributed by atoms with Crippen LogP contribution in [0.1, 0.15) is 43.4 Å². The number of rotatable bonds is 6. The van der Waals surface area contributed by atoms with Crippen LogP contribution in [0.25, 0.3) is 11.0 Å². The third-order valence-electron chi connectivity index (χ3n) is 7.29. The minimum atomic E-state index is -4.00. The molecule has 10 nitrogen and oxygen atoms in total. The summed E-state index contributed by atoms with van der Waals surface area (Å²) in [5.74, 6) is 0.359. The van der Waals surface area contributed by atoms with Crippen LogP contribution in [0.3, 0.4) is 0 Å². The topological polar surface area (TPSA) is 124 Å². The second-order valence-corrected chi connectivity index (χ2v) is 12.2. The van der Waals surface area contributed by atoms with Crippen molar-refractivity contribution in [3.63, 3.8) is 0 Å². The molecule has 1 atom stereocenters. The van der Waals surface area contributed by atoms with Gasteiger partial charge in [-0.3, -0.25) is 9.59 Å². The summed E-state index contributed by atoms with van der Waals surface area (Å²) >= 11 is 0. The maximum Gasteiger partial charge on any atom is 0.264 e. The van der Waals surface area contributed by atoms with Crippen LogP contribution in [0, 0.1) is 13.8 Å². The maximum atomic E-state index is 13.6. The first-order valence-electron chi connectivity index (χ1n) is 13.7. The zero-order chi connectivity index (χ0) is 28.3. The van der Waals surface area contributed by atoms with Crippen LogP contribution in [0.15, 0.2) is 62.8 Å². The van der Waals surface area contributed by atoms with Crippen molar-refractivity contribution in [2.45, 2.75) is 56.9 Å². The summed E-state index contributed by atoms with van der Waals surface area (Å²) in [5.41, 5.74) is 2.22. The van der Waals surface area contributed by atoms with Gasteiger partial charge in [0.1, 0.15) is 17.4 Å². The van der Waals surface area contributed by atoms with Gasteiger partial charge in [-0.15, -0.1) is 0 Å². The van der Waals surface area contributed by atoms with Gasteiger partial charge in [-0.2, -0.15) is 0 Å². The van der Waals surface area contributed by atoms with E-state index in [1.807, 2.05) is 26.0 Å². The molecule has 1 aromatic heterocycles. The number of amides is 2. The molecule has 2 fully saturated rings. The molecule has 2 N–H and O–H groups in total. The molecule has 0 spiro atoms. The number of carbonyl (C=O) groups excluding carboxylic acids is 2. The van der Waals surface area contributed by atoms with E-state index >= 15 is 0 Å². The number of guanidine groups is 1. The summed E-state index contributed by atoms with van der Waals surface area (Å²) in [5, 5.41) is 3.93. The molecule has 11 heteroatoms. The van der Waals surface area contributed by atoms with Crippen molar-refractivity contribution in [1.29, 1.82) is 0 Å². The van der Waals surface area contributed by atoms with Crippen LogP contribution in [0.5, 0.6) is 0 Å². The van der Waals surface area contributed by atoms with Crippen molar-refractivity contribution in [2.75, 3.05) is 31.5 Å². The molecule has 0 bridgehead atoms. The first kappa shape index (κ1) is 27.7. The quantitative estimate of drug-likeness (QED) is 0.346. The molecule has 3 heterocycles.